The number of carbonyl (C=O) groups is 4. The van der Waals surface area contributed by atoms with Crippen LogP contribution in [0.15, 0.2) is 0 Å². The molecule has 21 heavy (non-hydrogen) atoms. The van der Waals surface area contributed by atoms with E-state index in [2.05, 4.69) is 28.6 Å². The summed E-state index contributed by atoms with van der Waals surface area (Å²) in [6.07, 6.45) is 0. The van der Waals surface area contributed by atoms with Crippen molar-refractivity contribution in [1.29, 1.82) is 0 Å². The molecule has 0 aromatic carbocycles. The SMILES string of the molecule is NCC(=O)NC(CO)C(=O)NC(CS)C(=O)NCC(=O)O. The lowest BCUT2D eigenvalue weighted by molar-refractivity contribution is -0.138. The predicted octanol–water partition coefficient (Wildman–Crippen LogP) is -3.96. The van der Waals surface area contributed by atoms with Crippen LogP contribution in [0.25, 0.3) is 0 Å². The number of thiol groups is 1. The number of carboxylic acids is 1. The number of nitrogens with one attached hydrogen (secondary N) is 3. The van der Waals surface area contributed by atoms with Crippen LogP contribution in [0.3, 0.4) is 0 Å². The van der Waals surface area contributed by atoms with Gasteiger partial charge in [-0.15, -0.1) is 0 Å². The predicted molar refractivity (Wildman–Crippen MR) is 74.5 cm³/mol. The van der Waals surface area contributed by atoms with Gasteiger partial charge in [0.1, 0.15) is 18.6 Å². The van der Waals surface area contributed by atoms with Gasteiger partial charge in [0, 0.05) is 5.75 Å². The van der Waals surface area contributed by atoms with Gasteiger partial charge in [-0.05, 0) is 0 Å². The number of aliphatic carboxylic acids is 1. The van der Waals surface area contributed by atoms with Crippen LogP contribution in [0.5, 0.6) is 0 Å². The van der Waals surface area contributed by atoms with E-state index >= 15 is 0 Å². The number of amides is 3. The highest BCUT2D eigenvalue weighted by atomic mass is 32.1. The number of aliphatic hydroxyl groups excluding tert-OH is 1. The summed E-state index contributed by atoms with van der Waals surface area (Å²) in [4.78, 5) is 44.8. The molecular formula is C10H18N4O6S. The highest BCUT2D eigenvalue weighted by molar-refractivity contribution is 7.80. The van der Waals surface area contributed by atoms with Crippen molar-refractivity contribution in [1.82, 2.24) is 16.0 Å². The molecule has 0 aliphatic heterocycles. The molecule has 2 unspecified atom stereocenters. The van der Waals surface area contributed by atoms with Crippen molar-refractivity contribution in [2.45, 2.75) is 12.1 Å². The average Bonchev–Trinajstić information content (AvgIpc) is 2.46. The minimum atomic E-state index is -1.27. The molecule has 0 spiro atoms. The number of carbonyl (C=O) groups excluding carboxylic acids is 3. The zero-order valence-corrected chi connectivity index (χ0v) is 11.9. The van der Waals surface area contributed by atoms with Crippen LogP contribution < -0.4 is 21.7 Å². The van der Waals surface area contributed by atoms with Gasteiger partial charge in [-0.2, -0.15) is 12.6 Å². The zero-order chi connectivity index (χ0) is 16.4. The first-order valence-electron chi connectivity index (χ1n) is 5.86. The Balaban J connectivity index is 4.56. The lowest BCUT2D eigenvalue weighted by Crippen LogP contribution is -2.56. The molecule has 0 aliphatic rings. The molecule has 0 aromatic rings. The molecule has 0 saturated carbocycles. The van der Waals surface area contributed by atoms with Crippen molar-refractivity contribution < 1.29 is 29.4 Å². The molecule has 0 fully saturated rings. The third kappa shape index (κ3) is 7.48. The molecule has 10 nitrogen and oxygen atoms in total. The first-order chi connectivity index (χ1) is 9.85. The van der Waals surface area contributed by atoms with Gasteiger partial charge in [0.2, 0.25) is 17.7 Å². The number of nitrogens with two attached hydrogens (primary N) is 1. The first kappa shape index (κ1) is 19.1. The van der Waals surface area contributed by atoms with Crippen LogP contribution in [0.4, 0.5) is 0 Å². The number of rotatable bonds is 9. The van der Waals surface area contributed by atoms with Crippen LogP contribution in [-0.2, 0) is 19.2 Å². The van der Waals surface area contributed by atoms with Crippen molar-refractivity contribution in [2.75, 3.05) is 25.4 Å². The summed E-state index contributed by atoms with van der Waals surface area (Å²) < 4.78 is 0. The van der Waals surface area contributed by atoms with Crippen molar-refractivity contribution in [3.05, 3.63) is 0 Å². The van der Waals surface area contributed by atoms with E-state index in [0.717, 1.165) is 0 Å². The van der Waals surface area contributed by atoms with Crippen molar-refractivity contribution in [3.8, 4) is 0 Å². The summed E-state index contributed by atoms with van der Waals surface area (Å²) in [6, 6.07) is -2.38. The normalized spacial score (nSPS) is 12.9. The smallest absolute Gasteiger partial charge is 0.322 e. The van der Waals surface area contributed by atoms with Gasteiger partial charge in [-0.3, -0.25) is 19.2 Å². The van der Waals surface area contributed by atoms with Crippen LogP contribution >= 0.6 is 12.6 Å². The van der Waals surface area contributed by atoms with Crippen molar-refractivity contribution >= 4 is 36.3 Å². The summed E-state index contributed by atoms with van der Waals surface area (Å²) in [5.74, 6) is -3.55. The maximum atomic E-state index is 11.8. The monoisotopic (exact) mass is 322 g/mol. The molecule has 3 amide bonds. The average molecular weight is 322 g/mol. The maximum Gasteiger partial charge on any atom is 0.322 e. The van der Waals surface area contributed by atoms with Crippen LogP contribution in [-0.4, -0.2) is 71.4 Å². The van der Waals surface area contributed by atoms with E-state index < -0.39 is 48.9 Å². The van der Waals surface area contributed by atoms with Gasteiger partial charge < -0.3 is 31.9 Å². The second kappa shape index (κ2) is 9.96. The minimum Gasteiger partial charge on any atom is -0.480 e. The Morgan fingerprint density at radius 1 is 1.10 bits per heavy atom. The van der Waals surface area contributed by atoms with Gasteiger partial charge in [-0.25, -0.2) is 0 Å². The van der Waals surface area contributed by atoms with Crippen molar-refractivity contribution in [3.63, 3.8) is 0 Å². The summed E-state index contributed by atoms with van der Waals surface area (Å²) in [6.45, 7) is -1.65. The summed E-state index contributed by atoms with van der Waals surface area (Å²) in [5.41, 5.74) is 5.06. The fraction of sp³-hybridized carbons (Fsp3) is 0.600. The largest absolute Gasteiger partial charge is 0.480 e. The van der Waals surface area contributed by atoms with Gasteiger partial charge in [-0.1, -0.05) is 0 Å². The summed E-state index contributed by atoms with van der Waals surface area (Å²) in [5, 5.41) is 23.9. The molecule has 11 heteroatoms. The Labute approximate surface area is 125 Å². The maximum absolute atomic E-state index is 11.8. The molecule has 0 heterocycles. The second-order valence-electron chi connectivity index (χ2n) is 3.86. The lowest BCUT2D eigenvalue weighted by atomic mass is 10.2. The molecule has 2 atom stereocenters. The van der Waals surface area contributed by atoms with E-state index in [1.54, 1.807) is 0 Å². The van der Waals surface area contributed by atoms with E-state index in [1.165, 1.54) is 0 Å². The molecule has 7 N–H and O–H groups in total. The Bertz CT molecular complexity index is 405. The Hall–Kier alpha value is -1.85. The summed E-state index contributed by atoms with van der Waals surface area (Å²) >= 11 is 3.87. The molecule has 120 valence electrons. The van der Waals surface area contributed by atoms with Crippen LogP contribution in [0.2, 0.25) is 0 Å². The first-order valence-corrected chi connectivity index (χ1v) is 6.50. The highest BCUT2D eigenvalue weighted by Crippen LogP contribution is 1.92. The molecule has 0 rings (SSSR count). The molecule has 0 saturated heterocycles. The molecule has 0 aliphatic carbocycles. The molecule has 0 bridgehead atoms. The molecule has 0 radical (unpaired) electrons. The second-order valence-corrected chi connectivity index (χ2v) is 4.23. The van der Waals surface area contributed by atoms with Gasteiger partial charge in [0.15, 0.2) is 0 Å². The van der Waals surface area contributed by atoms with Gasteiger partial charge in [0.25, 0.3) is 0 Å². The quantitative estimate of drug-likeness (QED) is 0.212. The van der Waals surface area contributed by atoms with E-state index in [9.17, 15) is 19.2 Å². The number of carboxylic acid groups (broad SMARTS) is 1. The van der Waals surface area contributed by atoms with Crippen LogP contribution in [0.1, 0.15) is 0 Å². The number of hydrogen-bond donors (Lipinski definition) is 7. The third-order valence-corrected chi connectivity index (χ3v) is 2.61. The molecule has 0 aromatic heterocycles. The standard InChI is InChI=1S/C10H18N4O6S/c11-1-7(16)13-5(3-15)10(20)14-6(4-21)9(19)12-2-8(17)18/h5-6,15,21H,1-4,11H2,(H,12,19)(H,13,16)(H,14,20)(H,17,18). The topological polar surface area (TPSA) is 171 Å². The Morgan fingerprint density at radius 3 is 2.14 bits per heavy atom. The van der Waals surface area contributed by atoms with E-state index in [0.29, 0.717) is 0 Å². The third-order valence-electron chi connectivity index (χ3n) is 2.25. The van der Waals surface area contributed by atoms with E-state index in [4.69, 9.17) is 15.9 Å². The Morgan fingerprint density at radius 2 is 1.71 bits per heavy atom. The number of aliphatic hydroxyl groups is 1. The van der Waals surface area contributed by atoms with E-state index in [1.807, 2.05) is 0 Å². The number of hydrogen-bond acceptors (Lipinski definition) is 7. The lowest BCUT2D eigenvalue weighted by Gasteiger charge is -2.20. The zero-order valence-electron chi connectivity index (χ0n) is 11.0. The van der Waals surface area contributed by atoms with Crippen molar-refractivity contribution in [2.24, 2.45) is 5.73 Å². The van der Waals surface area contributed by atoms with E-state index in [-0.39, 0.29) is 12.3 Å². The fourth-order valence-electron chi connectivity index (χ4n) is 1.20. The Kier molecular flexibility index (Phi) is 9.08. The highest BCUT2D eigenvalue weighted by Gasteiger charge is 2.25. The summed E-state index contributed by atoms with van der Waals surface area (Å²) in [7, 11) is 0. The van der Waals surface area contributed by atoms with Gasteiger partial charge in [0.05, 0.1) is 13.2 Å². The minimum absolute atomic E-state index is 0.0970. The van der Waals surface area contributed by atoms with Crippen LogP contribution in [0, 0.1) is 0 Å². The fourth-order valence-corrected chi connectivity index (χ4v) is 1.46. The van der Waals surface area contributed by atoms with Gasteiger partial charge >= 0.3 is 5.97 Å². The molecular weight excluding hydrogens is 304 g/mol.